The summed E-state index contributed by atoms with van der Waals surface area (Å²) in [6.45, 7) is 0. The maximum Gasteiger partial charge on any atom is 0.339 e. The molecule has 0 aliphatic heterocycles. The Morgan fingerprint density at radius 1 is 0.750 bits per heavy atom. The van der Waals surface area contributed by atoms with Gasteiger partial charge in [-0.25, -0.2) is 19.4 Å². The number of hydrogen-bond acceptors (Lipinski definition) is 6. The van der Waals surface area contributed by atoms with Crippen molar-refractivity contribution in [3.8, 4) is 28.1 Å². The van der Waals surface area contributed by atoms with Gasteiger partial charge >= 0.3 is 17.9 Å². The number of hydrogen-bond donors (Lipinski definition) is 6. The molecule has 180 valence electrons. The van der Waals surface area contributed by atoms with Gasteiger partial charge in [-0.05, 0) is 35.4 Å². The topological polar surface area (TPSA) is 190 Å². The number of carbonyl (C=O) groups excluding carboxylic acids is 1. The van der Waals surface area contributed by atoms with Gasteiger partial charge in [0.15, 0.2) is 0 Å². The van der Waals surface area contributed by atoms with E-state index >= 15 is 0 Å². The number of aromatic hydroxyl groups is 1. The molecule has 0 bridgehead atoms. The maximum absolute atomic E-state index is 13.0. The predicted octanol–water partition coefficient (Wildman–Crippen LogP) is 3.80. The Bertz CT molecular complexity index is 1530. The number of aromatic amines is 1. The van der Waals surface area contributed by atoms with Crippen LogP contribution in [0, 0.1) is 0 Å². The summed E-state index contributed by atoms with van der Waals surface area (Å²) in [6, 6.07) is 12.9. The zero-order valence-corrected chi connectivity index (χ0v) is 18.2. The minimum atomic E-state index is -1.61. The summed E-state index contributed by atoms with van der Waals surface area (Å²) in [4.78, 5) is 54.8. The van der Waals surface area contributed by atoms with E-state index in [-0.39, 0.29) is 11.3 Å². The van der Waals surface area contributed by atoms with Crippen molar-refractivity contribution in [2.75, 3.05) is 5.32 Å². The van der Waals surface area contributed by atoms with Gasteiger partial charge in [0.05, 0.1) is 40.6 Å². The van der Waals surface area contributed by atoms with Crippen LogP contribution in [-0.4, -0.2) is 54.2 Å². The molecule has 0 aliphatic rings. The molecule has 4 rings (SSSR count). The molecule has 36 heavy (non-hydrogen) atoms. The van der Waals surface area contributed by atoms with Crippen molar-refractivity contribution >= 4 is 29.5 Å². The highest BCUT2D eigenvalue weighted by atomic mass is 16.4. The van der Waals surface area contributed by atoms with E-state index in [0.717, 1.165) is 5.56 Å². The van der Waals surface area contributed by atoms with Gasteiger partial charge in [-0.1, -0.05) is 30.3 Å². The molecule has 11 nitrogen and oxygen atoms in total. The van der Waals surface area contributed by atoms with Crippen molar-refractivity contribution in [1.82, 2.24) is 9.97 Å². The predicted molar refractivity (Wildman–Crippen MR) is 126 cm³/mol. The van der Waals surface area contributed by atoms with Crippen molar-refractivity contribution < 1.29 is 39.6 Å². The number of aromatic nitrogens is 2. The van der Waals surface area contributed by atoms with Crippen molar-refractivity contribution in [3.63, 3.8) is 0 Å². The molecule has 0 spiro atoms. The first-order valence-corrected chi connectivity index (χ1v) is 10.3. The minimum absolute atomic E-state index is 0.137. The fourth-order valence-corrected chi connectivity index (χ4v) is 3.69. The Morgan fingerprint density at radius 2 is 1.42 bits per heavy atom. The number of phenols is 1. The number of amides is 1. The lowest BCUT2D eigenvalue weighted by atomic mass is 9.96. The Hall–Kier alpha value is -5.45. The summed E-state index contributed by atoms with van der Waals surface area (Å²) in [6.07, 6.45) is 3.13. The number of benzene rings is 3. The lowest BCUT2D eigenvalue weighted by Gasteiger charge is -2.14. The number of carbonyl (C=O) groups is 4. The first kappa shape index (κ1) is 23.7. The Balaban J connectivity index is 1.80. The molecule has 0 fully saturated rings. The van der Waals surface area contributed by atoms with Crippen LogP contribution in [0.2, 0.25) is 0 Å². The summed E-state index contributed by atoms with van der Waals surface area (Å²) < 4.78 is 0. The van der Waals surface area contributed by atoms with Crippen molar-refractivity contribution in [2.45, 2.75) is 0 Å². The number of nitrogens with one attached hydrogen (secondary N) is 2. The lowest BCUT2D eigenvalue weighted by molar-refractivity contribution is 0.0679. The van der Waals surface area contributed by atoms with Gasteiger partial charge in [-0.2, -0.15) is 0 Å². The molecule has 0 saturated heterocycles. The van der Waals surface area contributed by atoms with Crippen molar-refractivity contribution in [3.05, 3.63) is 89.4 Å². The molecule has 4 aromatic rings. The number of carboxylic acid groups (broad SMARTS) is 3. The summed E-state index contributed by atoms with van der Waals surface area (Å²) in [5.74, 6) is -6.41. The molecule has 0 aliphatic carbocycles. The van der Waals surface area contributed by atoms with E-state index < -0.39 is 46.3 Å². The molecule has 0 unspecified atom stereocenters. The minimum Gasteiger partial charge on any atom is -0.507 e. The van der Waals surface area contributed by atoms with Gasteiger partial charge in [0.2, 0.25) is 0 Å². The third kappa shape index (κ3) is 4.48. The molecule has 0 saturated carbocycles. The summed E-state index contributed by atoms with van der Waals surface area (Å²) in [5.41, 5.74) is 0.373. The molecule has 6 N–H and O–H groups in total. The smallest absolute Gasteiger partial charge is 0.339 e. The molecule has 1 aromatic heterocycles. The van der Waals surface area contributed by atoms with E-state index in [2.05, 4.69) is 15.3 Å². The summed E-state index contributed by atoms with van der Waals surface area (Å²) >= 11 is 0. The number of H-pyrrole nitrogens is 1. The zero-order valence-electron chi connectivity index (χ0n) is 18.2. The number of imidazole rings is 1. The molecular formula is C25H17N3O8. The van der Waals surface area contributed by atoms with Crippen LogP contribution in [0.15, 0.2) is 67.1 Å². The Morgan fingerprint density at radius 3 is 2.03 bits per heavy atom. The van der Waals surface area contributed by atoms with Crippen LogP contribution in [0.1, 0.15) is 41.4 Å². The standard InChI is InChI=1S/C25H17N3O8/c29-21-9-16(17(24(33)34)8-18(21)25(35)36)22(30)28-19-7-12(5-6-15(19)23(31)32)13-3-1-2-4-14(13)20-10-26-11-27-20/h1-11,29H,(H,26,27)(H,28,30)(H,31,32)(H,33,34)(H,35,36). The summed E-state index contributed by atoms with van der Waals surface area (Å²) in [5, 5.41) is 40.6. The number of rotatable bonds is 7. The van der Waals surface area contributed by atoms with E-state index in [1.165, 1.54) is 18.5 Å². The van der Waals surface area contributed by atoms with Crippen LogP contribution in [0.5, 0.6) is 5.75 Å². The third-order valence-electron chi connectivity index (χ3n) is 5.37. The van der Waals surface area contributed by atoms with Crippen LogP contribution in [0.3, 0.4) is 0 Å². The fourth-order valence-electron chi connectivity index (χ4n) is 3.69. The van der Waals surface area contributed by atoms with E-state index in [4.69, 9.17) is 5.11 Å². The third-order valence-corrected chi connectivity index (χ3v) is 5.37. The second kappa shape index (κ2) is 9.43. The average molecular weight is 487 g/mol. The van der Waals surface area contributed by atoms with Crippen LogP contribution in [-0.2, 0) is 0 Å². The number of carboxylic acids is 3. The first-order valence-electron chi connectivity index (χ1n) is 10.3. The van der Waals surface area contributed by atoms with Crippen LogP contribution in [0.4, 0.5) is 5.69 Å². The number of nitrogens with zero attached hydrogens (tertiary/aromatic N) is 1. The largest absolute Gasteiger partial charge is 0.507 e. The quantitative estimate of drug-likeness (QED) is 0.225. The molecule has 1 amide bonds. The monoisotopic (exact) mass is 487 g/mol. The first-order chi connectivity index (χ1) is 17.2. The lowest BCUT2D eigenvalue weighted by Crippen LogP contribution is -2.19. The van der Waals surface area contributed by atoms with Crippen molar-refractivity contribution in [2.24, 2.45) is 0 Å². The average Bonchev–Trinajstić information content (AvgIpc) is 3.38. The van der Waals surface area contributed by atoms with Gasteiger partial charge < -0.3 is 30.7 Å². The number of aromatic carboxylic acids is 3. The van der Waals surface area contributed by atoms with Crippen LogP contribution in [0.25, 0.3) is 22.4 Å². The SMILES string of the molecule is O=C(O)c1cc(C(=O)O)c(C(=O)Nc2cc(-c3ccccc3-c3cnc[nH]3)ccc2C(=O)O)cc1O. The Kier molecular flexibility index (Phi) is 6.21. The second-order valence-electron chi connectivity index (χ2n) is 7.56. The normalized spacial score (nSPS) is 10.6. The molecular weight excluding hydrogens is 470 g/mol. The highest BCUT2D eigenvalue weighted by Crippen LogP contribution is 2.34. The number of anilines is 1. The van der Waals surface area contributed by atoms with Crippen molar-refractivity contribution in [1.29, 1.82) is 0 Å². The van der Waals surface area contributed by atoms with Gasteiger partial charge in [0, 0.05) is 5.56 Å². The van der Waals surface area contributed by atoms with Crippen LogP contribution >= 0.6 is 0 Å². The maximum atomic E-state index is 13.0. The molecule has 1 heterocycles. The Labute approximate surface area is 202 Å². The molecule has 0 radical (unpaired) electrons. The zero-order chi connectivity index (χ0) is 26.0. The summed E-state index contributed by atoms with van der Waals surface area (Å²) in [7, 11) is 0. The van der Waals surface area contributed by atoms with E-state index in [9.17, 15) is 34.5 Å². The van der Waals surface area contributed by atoms with Gasteiger partial charge in [-0.3, -0.25) is 4.79 Å². The van der Waals surface area contributed by atoms with Gasteiger partial charge in [0.1, 0.15) is 11.3 Å². The van der Waals surface area contributed by atoms with Gasteiger partial charge in [0.25, 0.3) is 5.91 Å². The van der Waals surface area contributed by atoms with E-state index in [1.54, 1.807) is 24.4 Å². The molecule has 0 atom stereocenters. The van der Waals surface area contributed by atoms with E-state index in [1.807, 2.05) is 12.1 Å². The van der Waals surface area contributed by atoms with Gasteiger partial charge in [-0.15, -0.1) is 0 Å². The molecule has 11 heteroatoms. The molecule has 3 aromatic carbocycles. The highest BCUT2D eigenvalue weighted by Gasteiger charge is 2.24. The second-order valence-corrected chi connectivity index (χ2v) is 7.56. The van der Waals surface area contributed by atoms with E-state index in [0.29, 0.717) is 29.0 Å². The highest BCUT2D eigenvalue weighted by molar-refractivity contribution is 6.14. The fraction of sp³-hybridized carbons (Fsp3) is 0. The van der Waals surface area contributed by atoms with Crippen LogP contribution < -0.4 is 5.32 Å².